The first-order chi connectivity index (χ1) is 11.9. The molecule has 130 valence electrons. The van der Waals surface area contributed by atoms with Crippen molar-refractivity contribution in [3.63, 3.8) is 0 Å². The second-order valence-electron chi connectivity index (χ2n) is 6.42. The molecule has 0 saturated heterocycles. The number of ether oxygens (including phenoxy) is 2. The van der Waals surface area contributed by atoms with Gasteiger partial charge in [-0.1, -0.05) is 31.0 Å². The molecule has 0 fully saturated rings. The summed E-state index contributed by atoms with van der Waals surface area (Å²) >= 11 is 0. The standard InChI is InChI=1S/C20H21NO4/c1-5-6-11-19(2)13-20(17(22)24-3,18(23)25-4)16-12-14-9-7-8-10-15(14)21(16)19/h7-10,12H,5,13H2,1-4H3/t19-/m0/s1. The number of rotatable bonds is 2. The van der Waals surface area contributed by atoms with Gasteiger partial charge >= 0.3 is 11.9 Å². The fourth-order valence-corrected chi connectivity index (χ4v) is 3.85. The Kier molecular flexibility index (Phi) is 4.08. The summed E-state index contributed by atoms with van der Waals surface area (Å²) in [4.78, 5) is 25.5. The van der Waals surface area contributed by atoms with Crippen molar-refractivity contribution in [2.24, 2.45) is 0 Å². The molecular weight excluding hydrogens is 318 g/mol. The molecule has 0 N–H and O–H groups in total. The van der Waals surface area contributed by atoms with E-state index in [2.05, 4.69) is 11.8 Å². The average Bonchev–Trinajstić information content (AvgIpc) is 3.14. The quantitative estimate of drug-likeness (QED) is 0.480. The maximum atomic E-state index is 12.8. The second-order valence-corrected chi connectivity index (χ2v) is 6.42. The van der Waals surface area contributed by atoms with Crippen LogP contribution in [0.3, 0.4) is 0 Å². The molecule has 1 aliphatic rings. The Labute approximate surface area is 146 Å². The molecule has 1 aliphatic heterocycles. The van der Waals surface area contributed by atoms with E-state index < -0.39 is 22.9 Å². The SMILES string of the molecule is CCC#C[C@@]1(C)CC(C(=O)OC)(C(=O)OC)c2cc3ccccc3n21. The molecule has 0 bridgehead atoms. The fraction of sp³-hybridized carbons (Fsp3) is 0.400. The number of nitrogens with zero attached hydrogens (tertiary/aromatic N) is 1. The van der Waals surface area contributed by atoms with E-state index in [1.165, 1.54) is 14.2 Å². The van der Waals surface area contributed by atoms with Crippen molar-refractivity contribution in [1.29, 1.82) is 0 Å². The number of carbonyl (C=O) groups excluding carboxylic acids is 2. The molecule has 0 aliphatic carbocycles. The molecule has 5 heteroatoms. The lowest BCUT2D eigenvalue weighted by Crippen LogP contribution is -2.44. The zero-order valence-corrected chi connectivity index (χ0v) is 14.9. The first kappa shape index (κ1) is 17.1. The van der Waals surface area contributed by atoms with Crippen LogP contribution >= 0.6 is 0 Å². The summed E-state index contributed by atoms with van der Waals surface area (Å²) in [5.41, 5.74) is -0.725. The molecule has 3 rings (SSSR count). The summed E-state index contributed by atoms with van der Waals surface area (Å²) in [6, 6.07) is 9.63. The summed E-state index contributed by atoms with van der Waals surface area (Å²) in [6.07, 6.45) is 0.875. The van der Waals surface area contributed by atoms with Crippen LogP contribution in [0.25, 0.3) is 10.9 Å². The van der Waals surface area contributed by atoms with Crippen molar-refractivity contribution in [1.82, 2.24) is 4.57 Å². The highest BCUT2D eigenvalue weighted by Crippen LogP contribution is 2.49. The van der Waals surface area contributed by atoms with Gasteiger partial charge in [0, 0.05) is 24.1 Å². The maximum Gasteiger partial charge on any atom is 0.329 e. The van der Waals surface area contributed by atoms with E-state index in [4.69, 9.17) is 9.47 Å². The van der Waals surface area contributed by atoms with E-state index in [0.717, 1.165) is 10.9 Å². The van der Waals surface area contributed by atoms with Crippen molar-refractivity contribution in [2.45, 2.75) is 37.6 Å². The molecule has 0 amide bonds. The molecule has 5 nitrogen and oxygen atoms in total. The smallest absolute Gasteiger partial charge is 0.329 e. The highest BCUT2D eigenvalue weighted by molar-refractivity contribution is 6.08. The number of benzene rings is 1. The van der Waals surface area contributed by atoms with Crippen LogP contribution in [0.1, 0.15) is 32.4 Å². The van der Waals surface area contributed by atoms with Crippen LogP contribution in [0.2, 0.25) is 0 Å². The van der Waals surface area contributed by atoms with Gasteiger partial charge in [-0.25, -0.2) is 0 Å². The third-order valence-electron chi connectivity index (χ3n) is 4.85. The van der Waals surface area contributed by atoms with Crippen molar-refractivity contribution >= 4 is 22.8 Å². The fourth-order valence-electron chi connectivity index (χ4n) is 3.85. The zero-order valence-electron chi connectivity index (χ0n) is 14.9. The molecule has 1 atom stereocenters. The second kappa shape index (κ2) is 5.96. The molecule has 0 unspecified atom stereocenters. The Morgan fingerprint density at radius 1 is 1.20 bits per heavy atom. The molecule has 0 radical (unpaired) electrons. The van der Waals surface area contributed by atoms with E-state index in [1.54, 1.807) is 0 Å². The van der Waals surface area contributed by atoms with Gasteiger partial charge in [0.15, 0.2) is 0 Å². The Balaban J connectivity index is 2.40. The van der Waals surface area contributed by atoms with Gasteiger partial charge in [-0.3, -0.25) is 9.59 Å². The summed E-state index contributed by atoms with van der Waals surface area (Å²) in [6.45, 7) is 3.91. The predicted octanol–water partition coefficient (Wildman–Crippen LogP) is 2.76. The van der Waals surface area contributed by atoms with Gasteiger partial charge in [-0.15, -0.1) is 5.92 Å². The third kappa shape index (κ3) is 2.25. The lowest BCUT2D eigenvalue weighted by atomic mass is 9.78. The maximum absolute atomic E-state index is 12.8. The molecule has 2 heterocycles. The van der Waals surface area contributed by atoms with Gasteiger partial charge in [0.1, 0.15) is 5.54 Å². The van der Waals surface area contributed by atoms with E-state index in [-0.39, 0.29) is 6.42 Å². The summed E-state index contributed by atoms with van der Waals surface area (Å²) in [5.74, 6) is 5.11. The topological polar surface area (TPSA) is 57.5 Å². The Morgan fingerprint density at radius 3 is 2.44 bits per heavy atom. The number of para-hydroxylation sites is 1. The van der Waals surface area contributed by atoms with E-state index in [9.17, 15) is 9.59 Å². The minimum atomic E-state index is -1.51. The van der Waals surface area contributed by atoms with Crippen LogP contribution in [0.4, 0.5) is 0 Å². The molecule has 25 heavy (non-hydrogen) atoms. The van der Waals surface area contributed by atoms with Crippen LogP contribution in [-0.4, -0.2) is 30.7 Å². The minimum Gasteiger partial charge on any atom is -0.468 e. The van der Waals surface area contributed by atoms with Gasteiger partial charge in [0.05, 0.1) is 14.2 Å². The largest absolute Gasteiger partial charge is 0.468 e. The van der Waals surface area contributed by atoms with Crippen molar-refractivity contribution < 1.29 is 19.1 Å². The number of fused-ring (bicyclic) bond motifs is 3. The van der Waals surface area contributed by atoms with Gasteiger partial charge in [0.25, 0.3) is 0 Å². The zero-order chi connectivity index (χ0) is 18.2. The monoisotopic (exact) mass is 339 g/mol. The molecular formula is C20H21NO4. The number of hydrogen-bond acceptors (Lipinski definition) is 4. The van der Waals surface area contributed by atoms with Gasteiger partial charge in [0.2, 0.25) is 5.41 Å². The average molecular weight is 339 g/mol. The summed E-state index contributed by atoms with van der Waals surface area (Å²) in [7, 11) is 2.57. The van der Waals surface area contributed by atoms with Gasteiger partial charge in [-0.05, 0) is 24.4 Å². The third-order valence-corrected chi connectivity index (χ3v) is 4.85. The Bertz CT molecular complexity index is 899. The normalized spacial score (nSPS) is 20.5. The predicted molar refractivity (Wildman–Crippen MR) is 94.0 cm³/mol. The van der Waals surface area contributed by atoms with Crippen LogP contribution in [0, 0.1) is 11.8 Å². The first-order valence-corrected chi connectivity index (χ1v) is 8.23. The van der Waals surface area contributed by atoms with E-state index in [0.29, 0.717) is 12.1 Å². The van der Waals surface area contributed by atoms with Crippen LogP contribution in [0.15, 0.2) is 30.3 Å². The van der Waals surface area contributed by atoms with E-state index >= 15 is 0 Å². The number of esters is 2. The van der Waals surface area contributed by atoms with Crippen molar-refractivity contribution in [3.05, 3.63) is 36.0 Å². The van der Waals surface area contributed by atoms with Crippen LogP contribution in [-0.2, 0) is 30.0 Å². The molecule has 1 aromatic heterocycles. The number of aromatic nitrogens is 1. The summed E-state index contributed by atoms with van der Waals surface area (Å²) < 4.78 is 12.0. The van der Waals surface area contributed by atoms with Crippen LogP contribution < -0.4 is 0 Å². The Morgan fingerprint density at radius 2 is 1.84 bits per heavy atom. The molecule has 0 saturated carbocycles. The first-order valence-electron chi connectivity index (χ1n) is 8.23. The van der Waals surface area contributed by atoms with Gasteiger partial charge in [-0.2, -0.15) is 0 Å². The summed E-state index contributed by atoms with van der Waals surface area (Å²) in [5, 5.41) is 0.943. The van der Waals surface area contributed by atoms with Crippen molar-refractivity contribution in [2.75, 3.05) is 14.2 Å². The highest BCUT2D eigenvalue weighted by Gasteiger charge is 2.61. The van der Waals surface area contributed by atoms with Crippen LogP contribution in [0.5, 0.6) is 0 Å². The Hall–Kier alpha value is -2.74. The van der Waals surface area contributed by atoms with E-state index in [1.807, 2.05) is 48.7 Å². The lowest BCUT2D eigenvalue weighted by molar-refractivity contribution is -0.162. The lowest BCUT2D eigenvalue weighted by Gasteiger charge is -2.25. The minimum absolute atomic E-state index is 0.187. The van der Waals surface area contributed by atoms with Crippen molar-refractivity contribution in [3.8, 4) is 11.8 Å². The number of carbonyl (C=O) groups is 2. The molecule has 0 spiro atoms. The molecule has 2 aromatic rings. The number of methoxy groups -OCH3 is 2. The highest BCUT2D eigenvalue weighted by atomic mass is 16.5. The number of hydrogen-bond donors (Lipinski definition) is 0. The van der Waals surface area contributed by atoms with Gasteiger partial charge < -0.3 is 14.0 Å². The molecule has 1 aromatic carbocycles.